The molecule has 0 aliphatic rings. The van der Waals surface area contributed by atoms with Crippen LogP contribution in [-0.4, -0.2) is 31.0 Å². The Kier molecular flexibility index (Phi) is 5.16. The van der Waals surface area contributed by atoms with Crippen molar-refractivity contribution >= 4 is 5.97 Å². The molecule has 0 saturated heterocycles. The number of esters is 1. The van der Waals surface area contributed by atoms with E-state index in [0.717, 1.165) is 5.56 Å². The molecule has 1 rings (SSSR count). The van der Waals surface area contributed by atoms with Crippen molar-refractivity contribution in [2.45, 2.75) is 32.4 Å². The highest BCUT2D eigenvalue weighted by molar-refractivity contribution is 5.69. The van der Waals surface area contributed by atoms with Crippen LogP contribution in [0.4, 0.5) is 0 Å². The van der Waals surface area contributed by atoms with Gasteiger partial charge in [-0.1, -0.05) is 37.3 Å². The number of carbonyl (C=O) groups excluding carboxylic acids is 1. The molecule has 0 aliphatic heterocycles. The average Bonchev–Trinajstić information content (AvgIpc) is 2.35. The molecule has 94 valence electrons. The molecule has 2 atom stereocenters. The average molecular weight is 235 g/mol. The fourth-order valence-electron chi connectivity index (χ4n) is 1.58. The minimum atomic E-state index is -0.210. The van der Waals surface area contributed by atoms with E-state index in [4.69, 9.17) is 4.74 Å². The van der Waals surface area contributed by atoms with Gasteiger partial charge in [0.25, 0.3) is 0 Å². The summed E-state index contributed by atoms with van der Waals surface area (Å²) in [4.78, 5) is 13.5. The van der Waals surface area contributed by atoms with Crippen LogP contribution in [0.25, 0.3) is 0 Å². The van der Waals surface area contributed by atoms with E-state index in [1.54, 1.807) is 0 Å². The molecule has 1 aromatic rings. The molecule has 0 heterocycles. The first-order valence-corrected chi connectivity index (χ1v) is 5.97. The van der Waals surface area contributed by atoms with Crippen molar-refractivity contribution in [3.63, 3.8) is 0 Å². The maximum atomic E-state index is 11.5. The van der Waals surface area contributed by atoms with E-state index in [1.807, 2.05) is 51.4 Å². The Labute approximate surface area is 103 Å². The Balaban J connectivity index is 2.90. The second-order valence-electron chi connectivity index (χ2n) is 4.38. The number of likely N-dealkylation sites (N-methyl/N-ethyl adjacent to an activating group) is 1. The molecule has 1 aromatic carbocycles. The largest absolute Gasteiger partial charge is 0.456 e. The first kappa shape index (κ1) is 13.7. The molecule has 3 nitrogen and oxygen atoms in total. The highest BCUT2D eigenvalue weighted by Gasteiger charge is 2.24. The summed E-state index contributed by atoms with van der Waals surface area (Å²) in [6.45, 7) is 3.87. The normalized spacial score (nSPS) is 14.4. The second kappa shape index (κ2) is 6.40. The lowest BCUT2D eigenvalue weighted by atomic mass is 10.0. The summed E-state index contributed by atoms with van der Waals surface area (Å²) in [5, 5.41) is 0. The first-order valence-electron chi connectivity index (χ1n) is 5.97. The van der Waals surface area contributed by atoms with Gasteiger partial charge in [-0.3, -0.25) is 4.79 Å². The van der Waals surface area contributed by atoms with Gasteiger partial charge in [-0.15, -0.1) is 0 Å². The third kappa shape index (κ3) is 3.86. The summed E-state index contributed by atoms with van der Waals surface area (Å²) in [6.07, 6.45) is 0.197. The van der Waals surface area contributed by atoms with Crippen LogP contribution >= 0.6 is 0 Å². The number of ether oxygens (including phenoxy) is 1. The van der Waals surface area contributed by atoms with E-state index in [0.29, 0.717) is 6.42 Å². The molecule has 0 aromatic heterocycles. The van der Waals surface area contributed by atoms with E-state index in [2.05, 4.69) is 11.8 Å². The molecule has 0 fully saturated rings. The van der Waals surface area contributed by atoms with Gasteiger partial charge in [-0.2, -0.15) is 0 Å². The molecule has 0 N–H and O–H groups in total. The number of hydrogen-bond donors (Lipinski definition) is 0. The molecule has 0 spiro atoms. The Morgan fingerprint density at radius 1 is 1.29 bits per heavy atom. The SMILES string of the molecule is CCC(=O)O[C@H](c1ccccc1)[C@H](C)N(C)C. The van der Waals surface area contributed by atoms with Crippen LogP contribution in [0.5, 0.6) is 0 Å². The summed E-state index contributed by atoms with van der Waals surface area (Å²) < 4.78 is 5.53. The summed E-state index contributed by atoms with van der Waals surface area (Å²) in [6, 6.07) is 10.0. The molecule has 0 radical (unpaired) electrons. The summed E-state index contributed by atoms with van der Waals surface area (Å²) >= 11 is 0. The van der Waals surface area contributed by atoms with Crippen molar-refractivity contribution < 1.29 is 9.53 Å². The molecule has 0 unspecified atom stereocenters. The van der Waals surface area contributed by atoms with Crippen LogP contribution in [0.3, 0.4) is 0 Å². The topological polar surface area (TPSA) is 29.5 Å². The van der Waals surface area contributed by atoms with Gasteiger partial charge >= 0.3 is 5.97 Å². The van der Waals surface area contributed by atoms with Crippen molar-refractivity contribution in [2.75, 3.05) is 14.1 Å². The van der Waals surface area contributed by atoms with Crippen LogP contribution in [0, 0.1) is 0 Å². The molecule has 3 heteroatoms. The lowest BCUT2D eigenvalue weighted by molar-refractivity contribution is -0.152. The molecule has 0 saturated carbocycles. The number of benzene rings is 1. The molecular formula is C14H21NO2. The quantitative estimate of drug-likeness (QED) is 0.735. The minimum absolute atomic E-state index is 0.146. The Hall–Kier alpha value is -1.35. The summed E-state index contributed by atoms with van der Waals surface area (Å²) in [5.41, 5.74) is 1.04. The predicted octanol–water partition coefficient (Wildman–Crippen LogP) is 2.63. The van der Waals surface area contributed by atoms with E-state index in [9.17, 15) is 4.79 Å². The number of rotatable bonds is 5. The van der Waals surface area contributed by atoms with Crippen molar-refractivity contribution in [3.8, 4) is 0 Å². The van der Waals surface area contributed by atoms with Gasteiger partial charge in [-0.25, -0.2) is 0 Å². The second-order valence-corrected chi connectivity index (χ2v) is 4.38. The van der Waals surface area contributed by atoms with Crippen LogP contribution < -0.4 is 0 Å². The van der Waals surface area contributed by atoms with E-state index in [1.165, 1.54) is 0 Å². The number of hydrogen-bond acceptors (Lipinski definition) is 3. The Bertz CT molecular complexity index is 348. The molecular weight excluding hydrogens is 214 g/mol. The van der Waals surface area contributed by atoms with Gasteiger partial charge in [-0.05, 0) is 26.6 Å². The predicted molar refractivity (Wildman–Crippen MR) is 68.7 cm³/mol. The smallest absolute Gasteiger partial charge is 0.306 e. The third-order valence-corrected chi connectivity index (χ3v) is 2.93. The zero-order chi connectivity index (χ0) is 12.8. The Morgan fingerprint density at radius 2 is 1.88 bits per heavy atom. The van der Waals surface area contributed by atoms with Crippen molar-refractivity contribution in [1.82, 2.24) is 4.90 Å². The third-order valence-electron chi connectivity index (χ3n) is 2.93. The maximum absolute atomic E-state index is 11.5. The van der Waals surface area contributed by atoms with Crippen molar-refractivity contribution in [1.29, 1.82) is 0 Å². The van der Waals surface area contributed by atoms with Gasteiger partial charge in [0.15, 0.2) is 0 Å². The lowest BCUT2D eigenvalue weighted by Crippen LogP contribution is -2.33. The standard InChI is InChI=1S/C14H21NO2/c1-5-13(16)17-14(11(2)15(3)4)12-9-7-6-8-10-12/h6-11,14H,5H2,1-4H3/t11-,14-/m0/s1. The van der Waals surface area contributed by atoms with Crippen LogP contribution in [0.1, 0.15) is 31.9 Å². The lowest BCUT2D eigenvalue weighted by Gasteiger charge is -2.29. The van der Waals surface area contributed by atoms with Crippen LogP contribution in [-0.2, 0) is 9.53 Å². The van der Waals surface area contributed by atoms with E-state index in [-0.39, 0.29) is 18.1 Å². The highest BCUT2D eigenvalue weighted by atomic mass is 16.5. The molecule has 0 bridgehead atoms. The van der Waals surface area contributed by atoms with Crippen molar-refractivity contribution in [3.05, 3.63) is 35.9 Å². The maximum Gasteiger partial charge on any atom is 0.306 e. The van der Waals surface area contributed by atoms with Gasteiger partial charge in [0.05, 0.1) is 0 Å². The fraction of sp³-hybridized carbons (Fsp3) is 0.500. The van der Waals surface area contributed by atoms with Gasteiger partial charge in [0.2, 0.25) is 0 Å². The number of nitrogens with zero attached hydrogens (tertiary/aromatic N) is 1. The van der Waals surface area contributed by atoms with Gasteiger partial charge in [0, 0.05) is 12.5 Å². The van der Waals surface area contributed by atoms with Crippen LogP contribution in [0.2, 0.25) is 0 Å². The zero-order valence-electron chi connectivity index (χ0n) is 11.0. The minimum Gasteiger partial charge on any atom is -0.456 e. The Morgan fingerprint density at radius 3 is 2.35 bits per heavy atom. The molecule has 0 aliphatic carbocycles. The summed E-state index contributed by atoms with van der Waals surface area (Å²) in [7, 11) is 3.97. The number of carbonyl (C=O) groups is 1. The highest BCUT2D eigenvalue weighted by Crippen LogP contribution is 2.24. The van der Waals surface area contributed by atoms with Gasteiger partial charge in [0.1, 0.15) is 6.10 Å². The molecule has 17 heavy (non-hydrogen) atoms. The fourth-order valence-corrected chi connectivity index (χ4v) is 1.58. The first-order chi connectivity index (χ1) is 8.06. The summed E-state index contributed by atoms with van der Waals surface area (Å²) in [5.74, 6) is -0.160. The van der Waals surface area contributed by atoms with Crippen LogP contribution in [0.15, 0.2) is 30.3 Å². The van der Waals surface area contributed by atoms with E-state index < -0.39 is 0 Å². The monoisotopic (exact) mass is 235 g/mol. The van der Waals surface area contributed by atoms with Crippen molar-refractivity contribution in [2.24, 2.45) is 0 Å². The zero-order valence-corrected chi connectivity index (χ0v) is 11.0. The molecule has 0 amide bonds. The van der Waals surface area contributed by atoms with Gasteiger partial charge < -0.3 is 9.64 Å². The van der Waals surface area contributed by atoms with E-state index >= 15 is 0 Å².